The lowest BCUT2D eigenvalue weighted by atomic mass is 10.0. The van der Waals surface area contributed by atoms with Crippen LogP contribution in [0.5, 0.6) is 0 Å². The van der Waals surface area contributed by atoms with E-state index < -0.39 is 11.6 Å². The number of morpholine rings is 1. The average molecular weight is 428 g/mol. The zero-order chi connectivity index (χ0) is 21.4. The highest BCUT2D eigenvalue weighted by atomic mass is 19.1. The van der Waals surface area contributed by atoms with Gasteiger partial charge in [0.2, 0.25) is 0 Å². The van der Waals surface area contributed by atoms with Gasteiger partial charge in [0.15, 0.2) is 0 Å². The van der Waals surface area contributed by atoms with Gasteiger partial charge in [0.05, 0.1) is 30.3 Å². The van der Waals surface area contributed by atoms with Gasteiger partial charge < -0.3 is 25.2 Å². The van der Waals surface area contributed by atoms with Crippen LogP contribution in [-0.4, -0.2) is 51.0 Å². The molecule has 3 atom stereocenters. The van der Waals surface area contributed by atoms with Gasteiger partial charge in [-0.25, -0.2) is 13.6 Å². The van der Waals surface area contributed by atoms with Gasteiger partial charge in [-0.05, 0) is 43.0 Å². The van der Waals surface area contributed by atoms with Crippen LogP contribution in [0, 0.1) is 17.6 Å². The summed E-state index contributed by atoms with van der Waals surface area (Å²) in [7, 11) is 0. The van der Waals surface area contributed by atoms with Crippen LogP contribution in [0.15, 0.2) is 42.5 Å². The Morgan fingerprint density at radius 1 is 1.03 bits per heavy atom. The monoisotopic (exact) mass is 428 g/mol. The highest BCUT2D eigenvalue weighted by molar-refractivity contribution is 5.93. The molecule has 3 aliphatic rings. The maximum absolute atomic E-state index is 14.2. The predicted octanol–water partition coefficient (Wildman–Crippen LogP) is 3.59. The Morgan fingerprint density at radius 2 is 1.84 bits per heavy atom. The molecule has 2 saturated heterocycles. The Kier molecular flexibility index (Phi) is 5.40. The molecular formula is C23H26F2N4O2. The number of rotatable bonds is 4. The lowest BCUT2D eigenvalue weighted by Crippen LogP contribution is -2.47. The van der Waals surface area contributed by atoms with Gasteiger partial charge in [-0.15, -0.1) is 0 Å². The molecular weight excluding hydrogens is 402 g/mol. The molecule has 2 aromatic rings. The molecule has 31 heavy (non-hydrogen) atoms. The number of nitrogens with zero attached hydrogens (tertiary/aromatic N) is 2. The van der Waals surface area contributed by atoms with E-state index in [1.54, 1.807) is 0 Å². The average Bonchev–Trinajstić information content (AvgIpc) is 3.35. The molecule has 5 rings (SSSR count). The van der Waals surface area contributed by atoms with E-state index in [0.717, 1.165) is 43.4 Å². The van der Waals surface area contributed by atoms with Crippen molar-refractivity contribution in [2.75, 3.05) is 48.0 Å². The molecule has 0 radical (unpaired) electrons. The van der Waals surface area contributed by atoms with Crippen molar-refractivity contribution < 1.29 is 18.3 Å². The summed E-state index contributed by atoms with van der Waals surface area (Å²) in [6.07, 6.45) is 1.64. The molecule has 6 nitrogen and oxygen atoms in total. The third-order valence-corrected chi connectivity index (χ3v) is 6.58. The molecule has 2 bridgehead atoms. The topological polar surface area (TPSA) is 56.8 Å². The van der Waals surface area contributed by atoms with E-state index in [2.05, 4.69) is 15.5 Å². The molecule has 2 amide bonds. The van der Waals surface area contributed by atoms with Crippen LogP contribution < -0.4 is 20.4 Å². The number of nitrogens with one attached hydrogen (secondary N) is 2. The van der Waals surface area contributed by atoms with E-state index in [9.17, 15) is 13.6 Å². The van der Waals surface area contributed by atoms with Gasteiger partial charge in [0.25, 0.3) is 0 Å². The van der Waals surface area contributed by atoms with Crippen molar-refractivity contribution >= 4 is 23.1 Å². The summed E-state index contributed by atoms with van der Waals surface area (Å²) >= 11 is 0. The van der Waals surface area contributed by atoms with Gasteiger partial charge in [-0.2, -0.15) is 0 Å². The summed E-state index contributed by atoms with van der Waals surface area (Å²) < 4.78 is 32.9. The molecule has 0 aromatic heterocycles. The first-order valence-corrected chi connectivity index (χ1v) is 10.8. The minimum atomic E-state index is -0.570. The number of ether oxygens (including phenoxy) is 1. The predicted molar refractivity (Wildman–Crippen MR) is 116 cm³/mol. The van der Waals surface area contributed by atoms with Crippen LogP contribution >= 0.6 is 0 Å². The lowest BCUT2D eigenvalue weighted by molar-refractivity contribution is 0.123. The summed E-state index contributed by atoms with van der Waals surface area (Å²) in [6, 6.07) is 11.5. The molecule has 2 aromatic carbocycles. The van der Waals surface area contributed by atoms with E-state index >= 15 is 0 Å². The summed E-state index contributed by atoms with van der Waals surface area (Å²) in [4.78, 5) is 17.0. The summed E-state index contributed by atoms with van der Waals surface area (Å²) in [5.74, 6) is -0.858. The van der Waals surface area contributed by atoms with Crippen molar-refractivity contribution in [3.8, 4) is 0 Å². The van der Waals surface area contributed by atoms with Crippen LogP contribution in [-0.2, 0) is 4.74 Å². The van der Waals surface area contributed by atoms with Crippen molar-refractivity contribution in [3.63, 3.8) is 0 Å². The van der Waals surface area contributed by atoms with Gasteiger partial charge in [-0.1, -0.05) is 12.1 Å². The van der Waals surface area contributed by atoms with Crippen LogP contribution in [0.25, 0.3) is 0 Å². The molecule has 1 saturated carbocycles. The number of carbonyl (C=O) groups is 1. The van der Waals surface area contributed by atoms with Crippen LogP contribution in [0.4, 0.5) is 30.6 Å². The standard InChI is InChI=1S/C23H26F2N4O2/c24-16-5-6-21(18(25)12-16)29-14-15-11-17(29)13-20(15)27-23(30)26-19-3-1-2-4-22(19)28-7-9-31-10-8-28/h1-6,12,15,17,20H,7-11,13-14H2,(H2,26,27,30)/t15?,17?,20-/m1/s1. The minimum Gasteiger partial charge on any atom is -0.378 e. The fraction of sp³-hybridized carbons (Fsp3) is 0.435. The quantitative estimate of drug-likeness (QED) is 0.782. The Labute approximate surface area is 180 Å². The number of carbonyl (C=O) groups excluding carboxylic acids is 1. The number of urea groups is 1. The van der Waals surface area contributed by atoms with E-state index in [1.807, 2.05) is 29.2 Å². The van der Waals surface area contributed by atoms with Crippen molar-refractivity contribution in [1.82, 2.24) is 5.32 Å². The normalized spacial score (nSPS) is 25.0. The molecule has 8 heteroatoms. The maximum Gasteiger partial charge on any atom is 0.319 e. The summed E-state index contributed by atoms with van der Waals surface area (Å²) in [5.41, 5.74) is 2.21. The number of hydrogen-bond acceptors (Lipinski definition) is 4. The summed E-state index contributed by atoms with van der Waals surface area (Å²) in [5, 5.41) is 6.12. The smallest absolute Gasteiger partial charge is 0.319 e. The molecule has 2 N–H and O–H groups in total. The zero-order valence-electron chi connectivity index (χ0n) is 17.2. The lowest BCUT2D eigenvalue weighted by Gasteiger charge is -2.34. The number of amides is 2. The van der Waals surface area contributed by atoms with E-state index in [-0.39, 0.29) is 24.0 Å². The highest BCUT2D eigenvalue weighted by Gasteiger charge is 2.45. The highest BCUT2D eigenvalue weighted by Crippen LogP contribution is 2.41. The van der Waals surface area contributed by atoms with Crippen LogP contribution in [0.2, 0.25) is 0 Å². The third-order valence-electron chi connectivity index (χ3n) is 6.58. The van der Waals surface area contributed by atoms with Crippen molar-refractivity contribution in [2.24, 2.45) is 5.92 Å². The SMILES string of the molecule is O=C(Nc1ccccc1N1CCOCC1)N[C@@H]1CC2CC1CN2c1ccc(F)cc1F. The molecule has 2 unspecified atom stereocenters. The molecule has 2 heterocycles. The first kappa shape index (κ1) is 20.1. The van der Waals surface area contributed by atoms with Gasteiger partial charge in [-0.3, -0.25) is 0 Å². The Balaban J connectivity index is 1.21. The van der Waals surface area contributed by atoms with Gasteiger partial charge in [0, 0.05) is 37.8 Å². The second kappa shape index (κ2) is 8.34. The Bertz CT molecular complexity index is 966. The Hall–Kier alpha value is -2.87. The van der Waals surface area contributed by atoms with Crippen molar-refractivity contribution in [1.29, 1.82) is 0 Å². The second-order valence-corrected chi connectivity index (χ2v) is 8.45. The number of hydrogen-bond donors (Lipinski definition) is 2. The maximum atomic E-state index is 14.2. The van der Waals surface area contributed by atoms with Crippen LogP contribution in [0.3, 0.4) is 0 Å². The van der Waals surface area contributed by atoms with Crippen molar-refractivity contribution in [3.05, 3.63) is 54.1 Å². The number of piperidine rings is 1. The third kappa shape index (κ3) is 4.04. The fourth-order valence-corrected chi connectivity index (χ4v) is 5.13. The first-order chi connectivity index (χ1) is 15.1. The second-order valence-electron chi connectivity index (χ2n) is 8.45. The fourth-order valence-electron chi connectivity index (χ4n) is 5.13. The number of para-hydroxylation sites is 2. The number of halogens is 2. The number of anilines is 3. The van der Waals surface area contributed by atoms with Crippen LogP contribution in [0.1, 0.15) is 12.8 Å². The first-order valence-electron chi connectivity index (χ1n) is 10.8. The summed E-state index contributed by atoms with van der Waals surface area (Å²) in [6.45, 7) is 3.60. The van der Waals surface area contributed by atoms with E-state index in [1.165, 1.54) is 12.1 Å². The molecule has 0 spiro atoms. The molecule has 164 valence electrons. The largest absolute Gasteiger partial charge is 0.378 e. The van der Waals surface area contributed by atoms with Crippen molar-refractivity contribution in [2.45, 2.75) is 24.9 Å². The number of fused-ring (bicyclic) bond motifs is 2. The number of benzene rings is 2. The minimum absolute atomic E-state index is 0.0420. The molecule has 2 aliphatic heterocycles. The molecule has 3 fully saturated rings. The van der Waals surface area contributed by atoms with Gasteiger partial charge in [0.1, 0.15) is 11.6 Å². The van der Waals surface area contributed by atoms with E-state index in [0.29, 0.717) is 25.4 Å². The zero-order valence-corrected chi connectivity index (χ0v) is 17.2. The van der Waals surface area contributed by atoms with Gasteiger partial charge >= 0.3 is 6.03 Å². The Morgan fingerprint density at radius 3 is 2.58 bits per heavy atom. The van der Waals surface area contributed by atoms with E-state index in [4.69, 9.17) is 4.74 Å². The molecule has 1 aliphatic carbocycles.